The van der Waals surface area contributed by atoms with Crippen molar-refractivity contribution >= 4 is 23.6 Å². The summed E-state index contributed by atoms with van der Waals surface area (Å²) in [5, 5.41) is 4.38. The van der Waals surface area contributed by atoms with E-state index in [1.807, 2.05) is 24.0 Å². The van der Waals surface area contributed by atoms with Crippen LogP contribution in [-0.2, 0) is 11.3 Å². The highest BCUT2D eigenvalue weighted by molar-refractivity contribution is 6.32. The van der Waals surface area contributed by atoms with Gasteiger partial charge in [0.15, 0.2) is 17.3 Å². The molecule has 0 unspecified atom stereocenters. The van der Waals surface area contributed by atoms with Crippen LogP contribution in [0.15, 0.2) is 28.8 Å². The topological polar surface area (TPSA) is 68.0 Å². The van der Waals surface area contributed by atoms with Crippen LogP contribution in [0.2, 0.25) is 5.02 Å². The predicted octanol–water partition coefficient (Wildman–Crippen LogP) is 2.72. The van der Waals surface area contributed by atoms with Gasteiger partial charge < -0.3 is 18.9 Å². The van der Waals surface area contributed by atoms with Gasteiger partial charge in [0.25, 0.3) is 0 Å². The van der Waals surface area contributed by atoms with Gasteiger partial charge in [-0.05, 0) is 30.7 Å². The highest BCUT2D eigenvalue weighted by Gasteiger charge is 2.21. The lowest BCUT2D eigenvalue weighted by molar-refractivity contribution is -0.127. The minimum Gasteiger partial charge on any atom is -0.454 e. The zero-order valence-corrected chi connectivity index (χ0v) is 15.7. The number of hydrogen-bond donors (Lipinski definition) is 0. The number of benzene rings is 1. The zero-order valence-electron chi connectivity index (χ0n) is 15.0. The van der Waals surface area contributed by atoms with Crippen LogP contribution in [0.3, 0.4) is 0 Å². The van der Waals surface area contributed by atoms with Crippen LogP contribution < -0.4 is 9.47 Å². The molecule has 8 heteroatoms. The van der Waals surface area contributed by atoms with Crippen molar-refractivity contribution in [1.82, 2.24) is 15.0 Å². The first-order chi connectivity index (χ1) is 13.1. The normalized spacial score (nSPS) is 17.0. The highest BCUT2D eigenvalue weighted by atomic mass is 35.5. The fraction of sp³-hybridized carbons (Fsp3) is 0.368. The van der Waals surface area contributed by atoms with Crippen molar-refractivity contribution in [2.45, 2.75) is 13.5 Å². The Kier molecular flexibility index (Phi) is 5.05. The smallest absolute Gasteiger partial charge is 0.246 e. The number of aryl methyl sites for hydroxylation is 1. The lowest BCUT2D eigenvalue weighted by Crippen LogP contribution is -2.47. The van der Waals surface area contributed by atoms with Crippen molar-refractivity contribution in [1.29, 1.82) is 0 Å². The molecule has 1 saturated heterocycles. The number of piperazine rings is 1. The summed E-state index contributed by atoms with van der Waals surface area (Å²) < 4.78 is 15.9. The minimum atomic E-state index is -0.0149. The summed E-state index contributed by atoms with van der Waals surface area (Å²) in [4.78, 5) is 16.6. The van der Waals surface area contributed by atoms with Gasteiger partial charge in [0.2, 0.25) is 12.7 Å². The van der Waals surface area contributed by atoms with Crippen molar-refractivity contribution in [3.05, 3.63) is 46.3 Å². The Bertz CT molecular complexity index is 872. The molecule has 1 aromatic carbocycles. The maximum atomic E-state index is 12.5. The molecule has 2 aliphatic heterocycles. The number of carbonyl (C=O) groups excluding carboxylic acids is 1. The van der Waals surface area contributed by atoms with Crippen molar-refractivity contribution < 1.29 is 18.8 Å². The van der Waals surface area contributed by atoms with E-state index in [9.17, 15) is 4.79 Å². The van der Waals surface area contributed by atoms with Crippen molar-refractivity contribution in [3.63, 3.8) is 0 Å². The fourth-order valence-corrected chi connectivity index (χ4v) is 3.47. The van der Waals surface area contributed by atoms with Gasteiger partial charge in [0.05, 0.1) is 17.3 Å². The van der Waals surface area contributed by atoms with Crippen LogP contribution in [0.1, 0.15) is 17.0 Å². The summed E-state index contributed by atoms with van der Waals surface area (Å²) in [6.07, 6.45) is 3.32. The standard InChI is InChI=1S/C19H20ClN3O4/c1-13-8-15(27-21-13)11-22-4-6-23(7-5-22)18(24)3-2-14-9-16(20)19-17(10-14)25-12-26-19/h2-3,8-10H,4-7,11-12H2,1H3/b3-2+. The molecule has 0 saturated carbocycles. The number of halogens is 1. The Morgan fingerprint density at radius 1 is 1.22 bits per heavy atom. The summed E-state index contributed by atoms with van der Waals surface area (Å²) >= 11 is 6.17. The number of hydrogen-bond acceptors (Lipinski definition) is 6. The van der Waals surface area contributed by atoms with Crippen LogP contribution in [-0.4, -0.2) is 53.8 Å². The molecule has 2 aromatic rings. The summed E-state index contributed by atoms with van der Waals surface area (Å²) in [5.74, 6) is 2.00. The molecule has 1 amide bonds. The van der Waals surface area contributed by atoms with Gasteiger partial charge in [-0.1, -0.05) is 16.8 Å². The first-order valence-corrected chi connectivity index (χ1v) is 9.17. The molecule has 3 heterocycles. The number of ether oxygens (including phenoxy) is 2. The zero-order chi connectivity index (χ0) is 18.8. The van der Waals surface area contributed by atoms with Gasteiger partial charge in [0, 0.05) is 38.3 Å². The quantitative estimate of drug-likeness (QED) is 0.749. The number of fused-ring (bicyclic) bond motifs is 1. The van der Waals surface area contributed by atoms with E-state index in [2.05, 4.69) is 10.1 Å². The Balaban J connectivity index is 1.32. The second-order valence-electron chi connectivity index (χ2n) is 6.61. The summed E-state index contributed by atoms with van der Waals surface area (Å²) in [6.45, 7) is 5.75. The molecule has 0 bridgehead atoms. The molecule has 27 heavy (non-hydrogen) atoms. The van der Waals surface area contributed by atoms with Crippen molar-refractivity contribution in [2.24, 2.45) is 0 Å². The molecular formula is C19H20ClN3O4. The van der Waals surface area contributed by atoms with Gasteiger partial charge in [0.1, 0.15) is 0 Å². The number of carbonyl (C=O) groups is 1. The summed E-state index contributed by atoms with van der Waals surface area (Å²) in [6, 6.07) is 5.52. The molecule has 0 radical (unpaired) electrons. The van der Waals surface area contributed by atoms with Crippen LogP contribution in [0.5, 0.6) is 11.5 Å². The maximum absolute atomic E-state index is 12.5. The highest BCUT2D eigenvalue weighted by Crippen LogP contribution is 2.40. The van der Waals surface area contributed by atoms with E-state index in [1.54, 1.807) is 18.2 Å². The molecule has 0 aliphatic carbocycles. The van der Waals surface area contributed by atoms with E-state index in [-0.39, 0.29) is 12.7 Å². The van der Waals surface area contributed by atoms with E-state index in [1.165, 1.54) is 0 Å². The maximum Gasteiger partial charge on any atom is 0.246 e. The van der Waals surface area contributed by atoms with Gasteiger partial charge in [-0.3, -0.25) is 9.69 Å². The Morgan fingerprint density at radius 2 is 2.04 bits per heavy atom. The van der Waals surface area contributed by atoms with E-state index in [4.69, 9.17) is 25.6 Å². The van der Waals surface area contributed by atoms with Gasteiger partial charge >= 0.3 is 0 Å². The van der Waals surface area contributed by atoms with E-state index in [0.717, 1.165) is 30.1 Å². The largest absolute Gasteiger partial charge is 0.454 e. The third-order valence-electron chi connectivity index (χ3n) is 4.61. The third kappa shape index (κ3) is 4.09. The van der Waals surface area contributed by atoms with Gasteiger partial charge in [-0.15, -0.1) is 0 Å². The summed E-state index contributed by atoms with van der Waals surface area (Å²) in [7, 11) is 0. The van der Waals surface area contributed by atoms with Crippen LogP contribution >= 0.6 is 11.6 Å². The molecule has 1 aromatic heterocycles. The Labute approximate surface area is 162 Å². The molecule has 142 valence electrons. The monoisotopic (exact) mass is 389 g/mol. The molecular weight excluding hydrogens is 370 g/mol. The molecule has 7 nitrogen and oxygen atoms in total. The lowest BCUT2D eigenvalue weighted by Gasteiger charge is -2.33. The van der Waals surface area contributed by atoms with Gasteiger partial charge in [-0.2, -0.15) is 0 Å². The van der Waals surface area contributed by atoms with Crippen LogP contribution in [0.4, 0.5) is 0 Å². The second-order valence-corrected chi connectivity index (χ2v) is 7.01. The molecule has 0 N–H and O–H groups in total. The van der Waals surface area contributed by atoms with Crippen molar-refractivity contribution in [2.75, 3.05) is 33.0 Å². The molecule has 4 rings (SSSR count). The molecule has 0 spiro atoms. The molecule has 2 aliphatic rings. The predicted molar refractivity (Wildman–Crippen MR) is 99.7 cm³/mol. The van der Waals surface area contributed by atoms with Crippen LogP contribution in [0.25, 0.3) is 6.08 Å². The minimum absolute atomic E-state index is 0.0149. The lowest BCUT2D eigenvalue weighted by atomic mass is 10.2. The first kappa shape index (κ1) is 17.9. The number of nitrogens with zero attached hydrogens (tertiary/aromatic N) is 3. The number of rotatable bonds is 4. The first-order valence-electron chi connectivity index (χ1n) is 8.79. The van der Waals surface area contributed by atoms with E-state index >= 15 is 0 Å². The Hall–Kier alpha value is -2.51. The van der Waals surface area contributed by atoms with Gasteiger partial charge in [-0.25, -0.2) is 0 Å². The number of aromatic nitrogens is 1. The molecule has 0 atom stereocenters. The molecule has 1 fully saturated rings. The summed E-state index contributed by atoms with van der Waals surface area (Å²) in [5.41, 5.74) is 1.68. The Morgan fingerprint density at radius 3 is 2.78 bits per heavy atom. The average molecular weight is 390 g/mol. The fourth-order valence-electron chi connectivity index (χ4n) is 3.19. The third-order valence-corrected chi connectivity index (χ3v) is 4.89. The van der Waals surface area contributed by atoms with E-state index in [0.29, 0.717) is 36.2 Å². The van der Waals surface area contributed by atoms with E-state index < -0.39 is 0 Å². The second kappa shape index (κ2) is 7.62. The average Bonchev–Trinajstić information content (AvgIpc) is 3.29. The number of amides is 1. The van der Waals surface area contributed by atoms with Crippen LogP contribution in [0, 0.1) is 6.92 Å². The van der Waals surface area contributed by atoms with Crippen molar-refractivity contribution in [3.8, 4) is 11.5 Å². The SMILES string of the molecule is Cc1cc(CN2CCN(C(=O)/C=C/c3cc(Cl)c4c(c3)OCO4)CC2)on1.